The van der Waals surface area contributed by atoms with Crippen LogP contribution in [0.3, 0.4) is 0 Å². The first-order valence-corrected chi connectivity index (χ1v) is 8.91. The number of esters is 1. The molecule has 0 bridgehead atoms. The molecule has 1 saturated heterocycles. The fraction of sp³-hybridized carbons (Fsp3) is 0.350. The Hall–Kier alpha value is -2.93. The number of benzene rings is 1. The first kappa shape index (κ1) is 18.8. The molecule has 0 spiro atoms. The van der Waals surface area contributed by atoms with Gasteiger partial charge in [0.1, 0.15) is 5.69 Å². The predicted molar refractivity (Wildman–Crippen MR) is 98.7 cm³/mol. The van der Waals surface area contributed by atoms with Gasteiger partial charge in [-0.1, -0.05) is 30.3 Å². The molecular weight excluding hydrogens is 348 g/mol. The van der Waals surface area contributed by atoms with E-state index in [4.69, 9.17) is 9.47 Å². The zero-order valence-corrected chi connectivity index (χ0v) is 15.4. The van der Waals surface area contributed by atoms with Crippen LogP contribution in [-0.2, 0) is 14.3 Å². The summed E-state index contributed by atoms with van der Waals surface area (Å²) in [6.45, 7) is 5.18. The van der Waals surface area contributed by atoms with Crippen LogP contribution in [0.4, 0.5) is 0 Å². The summed E-state index contributed by atoms with van der Waals surface area (Å²) < 4.78 is 10.4. The number of rotatable bonds is 5. The second kappa shape index (κ2) is 8.18. The van der Waals surface area contributed by atoms with Gasteiger partial charge in [0, 0.05) is 24.3 Å². The SMILES string of the molecule is CCOC(=O)c1c(C)[nH]c(C(=O)C(=O)N2CCOCC2)c1-c1ccccc1. The Balaban J connectivity index is 2.07. The van der Waals surface area contributed by atoms with E-state index in [1.165, 1.54) is 4.90 Å². The molecular formula is C20H22N2O5. The highest BCUT2D eigenvalue weighted by Gasteiger charge is 2.32. The minimum Gasteiger partial charge on any atom is -0.462 e. The highest BCUT2D eigenvalue weighted by atomic mass is 16.5. The van der Waals surface area contributed by atoms with E-state index in [0.717, 1.165) is 0 Å². The third-order valence-electron chi connectivity index (χ3n) is 4.45. The topological polar surface area (TPSA) is 88.7 Å². The molecule has 1 aromatic carbocycles. The third kappa shape index (κ3) is 3.78. The number of hydrogen-bond donors (Lipinski definition) is 1. The first-order valence-electron chi connectivity index (χ1n) is 8.91. The average Bonchev–Trinajstić information content (AvgIpc) is 3.05. The van der Waals surface area contributed by atoms with Crippen LogP contribution >= 0.6 is 0 Å². The van der Waals surface area contributed by atoms with Crippen molar-refractivity contribution in [1.29, 1.82) is 0 Å². The zero-order valence-electron chi connectivity index (χ0n) is 15.4. The molecule has 1 amide bonds. The number of aromatic amines is 1. The largest absolute Gasteiger partial charge is 0.462 e. The van der Waals surface area contributed by atoms with Gasteiger partial charge in [-0.15, -0.1) is 0 Å². The molecule has 1 fully saturated rings. The van der Waals surface area contributed by atoms with Crippen molar-refractivity contribution in [2.24, 2.45) is 0 Å². The molecule has 0 saturated carbocycles. The lowest BCUT2D eigenvalue weighted by molar-refractivity contribution is -0.130. The van der Waals surface area contributed by atoms with E-state index in [2.05, 4.69) is 4.98 Å². The van der Waals surface area contributed by atoms with Crippen LogP contribution in [0.5, 0.6) is 0 Å². The van der Waals surface area contributed by atoms with Gasteiger partial charge in [-0.25, -0.2) is 4.79 Å². The third-order valence-corrected chi connectivity index (χ3v) is 4.45. The van der Waals surface area contributed by atoms with Crippen LogP contribution in [-0.4, -0.2) is 60.5 Å². The lowest BCUT2D eigenvalue weighted by Crippen LogP contribution is -2.44. The minimum absolute atomic E-state index is 0.109. The molecule has 2 aromatic rings. The van der Waals surface area contributed by atoms with Crippen molar-refractivity contribution in [3.63, 3.8) is 0 Å². The number of nitrogens with one attached hydrogen (secondary N) is 1. The van der Waals surface area contributed by atoms with E-state index in [1.54, 1.807) is 26.0 Å². The van der Waals surface area contributed by atoms with Crippen molar-refractivity contribution in [1.82, 2.24) is 9.88 Å². The van der Waals surface area contributed by atoms with E-state index in [-0.39, 0.29) is 17.9 Å². The Morgan fingerprint density at radius 3 is 2.44 bits per heavy atom. The van der Waals surface area contributed by atoms with Crippen molar-refractivity contribution in [3.05, 3.63) is 47.3 Å². The fourth-order valence-corrected chi connectivity index (χ4v) is 3.16. The molecule has 2 heterocycles. The van der Waals surface area contributed by atoms with Gasteiger partial charge in [0.05, 0.1) is 25.4 Å². The van der Waals surface area contributed by atoms with E-state index < -0.39 is 17.7 Å². The molecule has 0 radical (unpaired) electrons. The number of aryl methyl sites for hydroxylation is 1. The molecule has 3 rings (SSSR count). The van der Waals surface area contributed by atoms with Gasteiger partial charge in [-0.3, -0.25) is 9.59 Å². The summed E-state index contributed by atoms with van der Waals surface area (Å²) in [5.41, 5.74) is 1.95. The number of carbonyl (C=O) groups is 3. The van der Waals surface area contributed by atoms with E-state index >= 15 is 0 Å². The van der Waals surface area contributed by atoms with Gasteiger partial charge in [0.2, 0.25) is 0 Å². The quantitative estimate of drug-likeness (QED) is 0.495. The standard InChI is InChI=1S/C20H22N2O5/c1-3-27-20(25)15-13(2)21-17(16(15)14-7-5-4-6-8-14)18(23)19(24)22-9-11-26-12-10-22/h4-8,21H,3,9-12H2,1-2H3. The molecule has 7 nitrogen and oxygen atoms in total. The van der Waals surface area contributed by atoms with Crippen molar-refractivity contribution in [2.75, 3.05) is 32.9 Å². The number of aromatic nitrogens is 1. The molecule has 0 atom stereocenters. The number of ketones is 1. The maximum atomic E-state index is 13.0. The Morgan fingerprint density at radius 1 is 1.15 bits per heavy atom. The van der Waals surface area contributed by atoms with Gasteiger partial charge in [-0.2, -0.15) is 0 Å². The number of carbonyl (C=O) groups excluding carboxylic acids is 3. The number of Topliss-reactive ketones (excluding diaryl/α,β-unsaturated/α-hetero) is 1. The molecule has 1 aliphatic heterocycles. The lowest BCUT2D eigenvalue weighted by Gasteiger charge is -2.26. The van der Waals surface area contributed by atoms with E-state index in [1.807, 2.05) is 18.2 Å². The summed E-state index contributed by atoms with van der Waals surface area (Å²) in [6.07, 6.45) is 0. The lowest BCUT2D eigenvalue weighted by atomic mass is 9.98. The van der Waals surface area contributed by atoms with Crippen molar-refractivity contribution < 1.29 is 23.9 Å². The van der Waals surface area contributed by atoms with Crippen LogP contribution in [0.2, 0.25) is 0 Å². The number of hydrogen-bond acceptors (Lipinski definition) is 5. The smallest absolute Gasteiger partial charge is 0.340 e. The number of ether oxygens (including phenoxy) is 2. The number of morpholine rings is 1. The Bertz CT molecular complexity index is 851. The average molecular weight is 370 g/mol. The maximum Gasteiger partial charge on any atom is 0.340 e. The highest BCUT2D eigenvalue weighted by molar-refractivity contribution is 6.43. The molecule has 1 aromatic heterocycles. The Labute approximate surface area is 157 Å². The molecule has 1 N–H and O–H groups in total. The summed E-state index contributed by atoms with van der Waals surface area (Å²) in [6, 6.07) is 9.05. The van der Waals surface area contributed by atoms with Gasteiger partial charge >= 0.3 is 5.97 Å². The molecule has 142 valence electrons. The summed E-state index contributed by atoms with van der Waals surface area (Å²) in [4.78, 5) is 42.6. The summed E-state index contributed by atoms with van der Waals surface area (Å²) >= 11 is 0. The Kier molecular flexibility index (Phi) is 5.71. The highest BCUT2D eigenvalue weighted by Crippen LogP contribution is 2.31. The molecule has 1 aliphatic rings. The Morgan fingerprint density at radius 2 is 1.81 bits per heavy atom. The van der Waals surface area contributed by atoms with Crippen molar-refractivity contribution >= 4 is 17.7 Å². The van der Waals surface area contributed by atoms with Crippen LogP contribution < -0.4 is 0 Å². The second-order valence-electron chi connectivity index (χ2n) is 6.20. The van der Waals surface area contributed by atoms with Crippen molar-refractivity contribution in [3.8, 4) is 11.1 Å². The maximum absolute atomic E-state index is 13.0. The van der Waals surface area contributed by atoms with Gasteiger partial charge in [0.25, 0.3) is 11.7 Å². The summed E-state index contributed by atoms with van der Waals surface area (Å²) in [5, 5.41) is 0. The fourth-order valence-electron chi connectivity index (χ4n) is 3.16. The second-order valence-corrected chi connectivity index (χ2v) is 6.20. The number of H-pyrrole nitrogens is 1. The number of nitrogens with zero attached hydrogens (tertiary/aromatic N) is 1. The molecule has 7 heteroatoms. The molecule has 0 unspecified atom stereocenters. The normalized spacial score (nSPS) is 14.1. The van der Waals surface area contributed by atoms with Gasteiger partial charge < -0.3 is 19.4 Å². The summed E-state index contributed by atoms with van der Waals surface area (Å²) in [5.74, 6) is -1.80. The van der Waals surface area contributed by atoms with E-state index in [9.17, 15) is 14.4 Å². The molecule has 27 heavy (non-hydrogen) atoms. The number of amides is 1. The van der Waals surface area contributed by atoms with Crippen molar-refractivity contribution in [2.45, 2.75) is 13.8 Å². The van der Waals surface area contributed by atoms with Crippen LogP contribution in [0.1, 0.15) is 33.5 Å². The van der Waals surface area contributed by atoms with Crippen LogP contribution in [0, 0.1) is 6.92 Å². The van der Waals surface area contributed by atoms with Gasteiger partial charge in [0.15, 0.2) is 0 Å². The van der Waals surface area contributed by atoms with Gasteiger partial charge in [-0.05, 0) is 19.4 Å². The predicted octanol–water partition coefficient (Wildman–Crippen LogP) is 2.21. The van der Waals surface area contributed by atoms with Crippen LogP contribution in [0.25, 0.3) is 11.1 Å². The monoisotopic (exact) mass is 370 g/mol. The zero-order chi connectivity index (χ0) is 19.4. The van der Waals surface area contributed by atoms with Crippen LogP contribution in [0.15, 0.2) is 30.3 Å². The summed E-state index contributed by atoms with van der Waals surface area (Å²) in [7, 11) is 0. The first-order chi connectivity index (χ1) is 13.0. The minimum atomic E-state index is -0.672. The molecule has 0 aliphatic carbocycles. The van der Waals surface area contributed by atoms with E-state index in [0.29, 0.717) is 43.1 Å².